The Kier molecular flexibility index (Phi) is 10.6. The van der Waals surface area contributed by atoms with Gasteiger partial charge in [0.1, 0.15) is 30.8 Å². The van der Waals surface area contributed by atoms with Gasteiger partial charge in [-0.3, -0.25) is 9.59 Å². The maximum Gasteiger partial charge on any atom is 0.287 e. The summed E-state index contributed by atoms with van der Waals surface area (Å²) in [5, 5.41) is 17.4. The lowest BCUT2D eigenvalue weighted by Crippen LogP contribution is -2.27. The quantitative estimate of drug-likeness (QED) is 0.161. The summed E-state index contributed by atoms with van der Waals surface area (Å²) in [6.45, 7) is 1.32. The molecule has 7 rings (SSSR count). The number of rotatable bonds is 11. The predicted molar refractivity (Wildman–Crippen MR) is 192 cm³/mol. The van der Waals surface area contributed by atoms with Crippen LogP contribution in [0.1, 0.15) is 16.7 Å². The highest BCUT2D eigenvalue weighted by atomic mass is 16.7. The van der Waals surface area contributed by atoms with Crippen LogP contribution < -0.4 is 36.1 Å². The Labute approximate surface area is 291 Å². The number of benzene rings is 3. The molecule has 7 aromatic rings. The Morgan fingerprint density at radius 2 is 1.16 bits per heavy atom. The first-order valence-corrected chi connectivity index (χ1v) is 15.7. The highest BCUT2D eigenvalue weighted by molar-refractivity contribution is 5.88. The number of nitrogens with one attached hydrogen (secondary N) is 2. The van der Waals surface area contributed by atoms with Crippen molar-refractivity contribution in [1.29, 1.82) is 0 Å². The molecule has 51 heavy (non-hydrogen) atoms. The SMILES string of the molecule is COc1ccc(CNc2cc(=O)n(O)c3ncncc23)cc1.COc1ccc(CNc2cc(=O)n(OCc3ccccc3)c3ncncc23)cc1. The van der Waals surface area contributed by atoms with Crippen molar-refractivity contribution < 1.29 is 19.5 Å². The van der Waals surface area contributed by atoms with Gasteiger partial charge in [-0.2, -0.15) is 0 Å². The lowest BCUT2D eigenvalue weighted by Gasteiger charge is -2.14. The average molecular weight is 687 g/mol. The summed E-state index contributed by atoms with van der Waals surface area (Å²) < 4.78 is 12.0. The number of anilines is 2. The van der Waals surface area contributed by atoms with Gasteiger partial charge in [0, 0.05) is 37.6 Å². The van der Waals surface area contributed by atoms with E-state index in [1.54, 1.807) is 26.6 Å². The predicted octanol–water partition coefficient (Wildman–Crippen LogP) is 4.69. The molecular formula is C37H34N8O6. The molecule has 258 valence electrons. The van der Waals surface area contributed by atoms with Gasteiger partial charge in [-0.1, -0.05) is 54.6 Å². The number of ether oxygens (including phenoxy) is 2. The van der Waals surface area contributed by atoms with Gasteiger partial charge in [-0.15, -0.1) is 9.46 Å². The minimum atomic E-state index is -0.552. The van der Waals surface area contributed by atoms with E-state index in [0.29, 0.717) is 45.6 Å². The number of pyridine rings is 2. The van der Waals surface area contributed by atoms with Gasteiger partial charge in [0.2, 0.25) is 0 Å². The first-order valence-electron chi connectivity index (χ1n) is 15.7. The monoisotopic (exact) mass is 686 g/mol. The highest BCUT2D eigenvalue weighted by Crippen LogP contribution is 2.21. The zero-order valence-corrected chi connectivity index (χ0v) is 27.8. The van der Waals surface area contributed by atoms with Crippen molar-refractivity contribution in [2.24, 2.45) is 0 Å². The molecule has 4 heterocycles. The first-order chi connectivity index (χ1) is 24.9. The third-order valence-corrected chi connectivity index (χ3v) is 7.79. The Morgan fingerprint density at radius 3 is 1.71 bits per heavy atom. The molecule has 14 nitrogen and oxygen atoms in total. The fourth-order valence-corrected chi connectivity index (χ4v) is 5.10. The van der Waals surface area contributed by atoms with Crippen LogP contribution in [0.25, 0.3) is 22.1 Å². The van der Waals surface area contributed by atoms with E-state index in [4.69, 9.17) is 14.3 Å². The number of hydrogen-bond acceptors (Lipinski definition) is 12. The average Bonchev–Trinajstić information content (AvgIpc) is 3.18. The number of aromatic nitrogens is 6. The summed E-state index contributed by atoms with van der Waals surface area (Å²) >= 11 is 0. The van der Waals surface area contributed by atoms with E-state index in [1.165, 1.54) is 29.5 Å². The number of nitrogens with zero attached hydrogens (tertiary/aromatic N) is 6. The Morgan fingerprint density at radius 1 is 0.647 bits per heavy atom. The normalized spacial score (nSPS) is 10.6. The smallest absolute Gasteiger partial charge is 0.287 e. The zero-order valence-electron chi connectivity index (χ0n) is 27.8. The molecule has 14 heteroatoms. The number of hydrogen-bond donors (Lipinski definition) is 3. The highest BCUT2D eigenvalue weighted by Gasteiger charge is 2.12. The van der Waals surface area contributed by atoms with E-state index >= 15 is 0 Å². The van der Waals surface area contributed by atoms with Crippen LogP contribution in [0.3, 0.4) is 0 Å². The number of methoxy groups -OCH3 is 2. The summed E-state index contributed by atoms with van der Waals surface area (Å²) in [6.07, 6.45) is 5.89. The second-order valence-corrected chi connectivity index (χ2v) is 11.1. The maximum atomic E-state index is 12.7. The van der Waals surface area contributed by atoms with Crippen molar-refractivity contribution >= 4 is 33.4 Å². The fourth-order valence-electron chi connectivity index (χ4n) is 5.10. The van der Waals surface area contributed by atoms with Crippen molar-refractivity contribution in [3.63, 3.8) is 0 Å². The van der Waals surface area contributed by atoms with Crippen LogP contribution in [0, 0.1) is 0 Å². The molecule has 0 aliphatic carbocycles. The minimum Gasteiger partial charge on any atom is -0.497 e. The van der Waals surface area contributed by atoms with E-state index in [9.17, 15) is 14.8 Å². The van der Waals surface area contributed by atoms with Crippen molar-refractivity contribution in [3.8, 4) is 11.5 Å². The topological polar surface area (TPSA) is 168 Å². The summed E-state index contributed by atoms with van der Waals surface area (Å²) in [5.74, 6) is 1.58. The molecule has 0 aliphatic heterocycles. The Balaban J connectivity index is 0.000000183. The molecule has 0 unspecified atom stereocenters. The zero-order chi connectivity index (χ0) is 35.6. The minimum absolute atomic E-state index is 0.166. The second kappa shape index (κ2) is 16.0. The lowest BCUT2D eigenvalue weighted by molar-refractivity contribution is 0.0980. The molecule has 0 spiro atoms. The van der Waals surface area contributed by atoms with E-state index < -0.39 is 5.56 Å². The molecule has 0 radical (unpaired) electrons. The van der Waals surface area contributed by atoms with E-state index in [0.717, 1.165) is 28.2 Å². The maximum absolute atomic E-state index is 12.7. The largest absolute Gasteiger partial charge is 0.497 e. The van der Waals surface area contributed by atoms with Crippen LogP contribution in [-0.4, -0.2) is 48.8 Å². The third-order valence-electron chi connectivity index (χ3n) is 7.79. The number of fused-ring (bicyclic) bond motifs is 2. The molecule has 0 atom stereocenters. The van der Waals surface area contributed by atoms with Crippen LogP contribution >= 0.6 is 0 Å². The molecule has 0 bridgehead atoms. The van der Waals surface area contributed by atoms with Crippen molar-refractivity contribution in [2.45, 2.75) is 19.7 Å². The molecule has 0 saturated heterocycles. The third kappa shape index (κ3) is 8.20. The van der Waals surface area contributed by atoms with Gasteiger partial charge >= 0.3 is 0 Å². The van der Waals surface area contributed by atoms with E-state index in [2.05, 4.69) is 30.6 Å². The molecule has 3 N–H and O–H groups in total. The fraction of sp³-hybridized carbons (Fsp3) is 0.135. The van der Waals surface area contributed by atoms with Gasteiger partial charge in [-0.25, -0.2) is 19.9 Å². The molecule has 4 aromatic heterocycles. The van der Waals surface area contributed by atoms with E-state index in [1.807, 2.05) is 78.9 Å². The van der Waals surface area contributed by atoms with Crippen molar-refractivity contribution in [1.82, 2.24) is 29.4 Å². The van der Waals surface area contributed by atoms with Crippen molar-refractivity contribution in [3.05, 3.63) is 153 Å². The molecule has 0 fully saturated rings. The van der Waals surface area contributed by atoms with E-state index in [-0.39, 0.29) is 17.8 Å². The standard InChI is InChI=1S/C22H20N4O3.C15H14N4O3/c1-28-18-9-7-16(8-10-18)12-24-20-11-21(27)26(22-19(20)13-23-15-25-22)29-14-17-5-3-2-4-6-17;1-22-11-4-2-10(3-5-11)7-17-13-6-14(20)19(21)15-12(13)8-16-9-18-15/h2-11,13,15,24H,12,14H2,1H3;2-6,8-9,17,21H,7H2,1H3. The first kappa shape index (κ1) is 33.9. The van der Waals surface area contributed by atoms with Crippen LogP contribution in [0.2, 0.25) is 0 Å². The molecular weight excluding hydrogens is 652 g/mol. The van der Waals surface area contributed by atoms with Gasteiger partial charge < -0.3 is 30.2 Å². The van der Waals surface area contributed by atoms with Gasteiger partial charge in [0.05, 0.1) is 36.4 Å². The van der Waals surface area contributed by atoms with Gasteiger partial charge in [0.15, 0.2) is 11.3 Å². The van der Waals surface area contributed by atoms with Crippen LogP contribution in [0.15, 0.2) is 126 Å². The summed E-state index contributed by atoms with van der Waals surface area (Å²) in [7, 11) is 3.25. The van der Waals surface area contributed by atoms with Crippen LogP contribution in [-0.2, 0) is 19.7 Å². The Hall–Kier alpha value is -6.96. The second-order valence-electron chi connectivity index (χ2n) is 11.1. The molecule has 0 aliphatic rings. The van der Waals surface area contributed by atoms with Crippen LogP contribution in [0.5, 0.6) is 11.5 Å². The lowest BCUT2D eigenvalue weighted by atomic mass is 10.2. The van der Waals surface area contributed by atoms with Gasteiger partial charge in [-0.05, 0) is 41.0 Å². The molecule has 0 saturated carbocycles. The Bertz CT molecular complexity index is 2350. The van der Waals surface area contributed by atoms with Crippen LogP contribution in [0.4, 0.5) is 11.4 Å². The summed E-state index contributed by atoms with van der Waals surface area (Å²) in [4.78, 5) is 46.4. The van der Waals surface area contributed by atoms with Gasteiger partial charge in [0.25, 0.3) is 11.1 Å². The summed E-state index contributed by atoms with van der Waals surface area (Å²) in [6, 6.07) is 27.8. The molecule has 3 aromatic carbocycles. The van der Waals surface area contributed by atoms with Crippen molar-refractivity contribution in [2.75, 3.05) is 24.9 Å². The summed E-state index contributed by atoms with van der Waals surface area (Å²) in [5.41, 5.74) is 4.00. The molecule has 0 amide bonds.